The molecule has 0 aromatic heterocycles. The molecule has 7 heteroatoms. The summed E-state index contributed by atoms with van der Waals surface area (Å²) in [6, 6.07) is 6.36. The van der Waals surface area contributed by atoms with Crippen molar-refractivity contribution >= 4 is 12.1 Å². The number of hydrogen-bond donors (Lipinski definition) is 2. The van der Waals surface area contributed by atoms with Crippen molar-refractivity contribution in [3.8, 4) is 0 Å². The van der Waals surface area contributed by atoms with E-state index in [1.807, 2.05) is 6.07 Å². The third-order valence-electron chi connectivity index (χ3n) is 4.17. The maximum absolute atomic E-state index is 13.1. The Morgan fingerprint density at radius 2 is 2.08 bits per heavy atom. The molecule has 0 radical (unpaired) electrons. The molecule has 0 unspecified atom stereocenters. The lowest BCUT2D eigenvalue weighted by Gasteiger charge is -2.31. The number of hydrogen-bond acceptors (Lipinski definition) is 3. The number of amides is 3. The second kappa shape index (κ2) is 9.86. The first-order valence-corrected chi connectivity index (χ1v) is 8.79. The molecule has 1 aromatic rings. The fraction of sp³-hybridized carbons (Fsp3) is 0.556. The van der Waals surface area contributed by atoms with Crippen molar-refractivity contribution in [2.45, 2.75) is 38.6 Å². The quantitative estimate of drug-likeness (QED) is 0.774. The summed E-state index contributed by atoms with van der Waals surface area (Å²) in [7, 11) is 0. The topological polar surface area (TPSA) is 70.7 Å². The van der Waals surface area contributed by atoms with E-state index in [2.05, 4.69) is 10.6 Å². The summed E-state index contributed by atoms with van der Waals surface area (Å²) in [6.45, 7) is 3.86. The second-order valence-electron chi connectivity index (χ2n) is 6.09. The van der Waals surface area contributed by atoms with Gasteiger partial charge in [0.15, 0.2) is 0 Å². The number of halogens is 1. The Bertz CT molecular complexity index is 574. The summed E-state index contributed by atoms with van der Waals surface area (Å²) in [4.78, 5) is 25.2. The summed E-state index contributed by atoms with van der Waals surface area (Å²) in [5.74, 6) is -0.239. The molecule has 0 bridgehead atoms. The van der Waals surface area contributed by atoms with Crippen LogP contribution in [0.2, 0.25) is 0 Å². The highest BCUT2D eigenvalue weighted by Crippen LogP contribution is 2.11. The number of aryl methyl sites for hydroxylation is 1. The van der Waals surface area contributed by atoms with Crippen LogP contribution in [0, 0.1) is 5.82 Å². The van der Waals surface area contributed by atoms with Gasteiger partial charge in [0, 0.05) is 25.7 Å². The minimum Gasteiger partial charge on any atom is -0.450 e. The third kappa shape index (κ3) is 6.60. The Morgan fingerprint density at radius 1 is 1.32 bits per heavy atom. The van der Waals surface area contributed by atoms with E-state index in [4.69, 9.17) is 4.74 Å². The zero-order valence-electron chi connectivity index (χ0n) is 14.6. The first kappa shape index (κ1) is 19.0. The van der Waals surface area contributed by atoms with Crippen LogP contribution in [0.3, 0.4) is 0 Å². The molecule has 25 heavy (non-hydrogen) atoms. The lowest BCUT2D eigenvalue weighted by atomic mass is 10.1. The first-order chi connectivity index (χ1) is 12.1. The molecule has 2 rings (SSSR count). The summed E-state index contributed by atoms with van der Waals surface area (Å²) in [5, 5.41) is 5.75. The van der Waals surface area contributed by atoms with E-state index in [1.54, 1.807) is 17.9 Å². The van der Waals surface area contributed by atoms with E-state index in [9.17, 15) is 14.0 Å². The molecule has 6 nitrogen and oxygen atoms in total. The SMILES string of the molecule is CCOC(=O)N1CCC(NC(=O)NCCCc2cccc(F)c2)CC1. The molecule has 3 amide bonds. The van der Waals surface area contributed by atoms with Gasteiger partial charge in [-0.1, -0.05) is 12.1 Å². The largest absolute Gasteiger partial charge is 0.450 e. The fourth-order valence-electron chi connectivity index (χ4n) is 2.84. The molecule has 1 heterocycles. The molecule has 1 fully saturated rings. The molecule has 1 aliphatic rings. The normalized spacial score (nSPS) is 14.9. The molecule has 138 valence electrons. The van der Waals surface area contributed by atoms with Gasteiger partial charge in [0.2, 0.25) is 0 Å². The van der Waals surface area contributed by atoms with Crippen LogP contribution in [0.4, 0.5) is 14.0 Å². The number of carbonyl (C=O) groups is 2. The van der Waals surface area contributed by atoms with Gasteiger partial charge in [-0.25, -0.2) is 14.0 Å². The number of urea groups is 1. The van der Waals surface area contributed by atoms with Crippen molar-refractivity contribution in [3.05, 3.63) is 35.6 Å². The predicted octanol–water partition coefficient (Wildman–Crippen LogP) is 2.68. The Labute approximate surface area is 147 Å². The highest BCUT2D eigenvalue weighted by atomic mass is 19.1. The van der Waals surface area contributed by atoms with Gasteiger partial charge in [-0.05, 0) is 50.3 Å². The van der Waals surface area contributed by atoms with E-state index in [1.165, 1.54) is 12.1 Å². The monoisotopic (exact) mass is 351 g/mol. The van der Waals surface area contributed by atoms with Crippen LogP contribution in [0.1, 0.15) is 31.7 Å². The Morgan fingerprint density at radius 3 is 2.76 bits per heavy atom. The maximum Gasteiger partial charge on any atom is 0.409 e. The van der Waals surface area contributed by atoms with Crippen LogP contribution in [0.25, 0.3) is 0 Å². The van der Waals surface area contributed by atoms with Crippen molar-refractivity contribution in [2.24, 2.45) is 0 Å². The minimum atomic E-state index is -0.289. The van der Waals surface area contributed by atoms with Crippen LogP contribution in [0.15, 0.2) is 24.3 Å². The van der Waals surface area contributed by atoms with Crippen LogP contribution in [-0.4, -0.2) is 49.3 Å². The zero-order valence-corrected chi connectivity index (χ0v) is 14.6. The number of carbonyl (C=O) groups excluding carboxylic acids is 2. The van der Waals surface area contributed by atoms with Crippen molar-refractivity contribution in [1.82, 2.24) is 15.5 Å². The highest BCUT2D eigenvalue weighted by Gasteiger charge is 2.24. The van der Waals surface area contributed by atoms with Crippen LogP contribution in [-0.2, 0) is 11.2 Å². The number of benzene rings is 1. The molecule has 1 saturated heterocycles. The number of nitrogens with zero attached hydrogens (tertiary/aromatic N) is 1. The van der Waals surface area contributed by atoms with Crippen molar-refractivity contribution in [2.75, 3.05) is 26.2 Å². The Balaban J connectivity index is 1.59. The second-order valence-corrected chi connectivity index (χ2v) is 6.09. The summed E-state index contributed by atoms with van der Waals surface area (Å²) in [6.07, 6.45) is 2.61. The van der Waals surface area contributed by atoms with Gasteiger partial charge in [0.1, 0.15) is 5.82 Å². The molecule has 2 N–H and O–H groups in total. The van der Waals surface area contributed by atoms with Gasteiger partial charge >= 0.3 is 12.1 Å². The van der Waals surface area contributed by atoms with Crippen LogP contribution < -0.4 is 10.6 Å². The Hall–Kier alpha value is -2.31. The zero-order chi connectivity index (χ0) is 18.1. The summed E-state index contributed by atoms with van der Waals surface area (Å²) >= 11 is 0. The molecule has 1 aromatic carbocycles. The highest BCUT2D eigenvalue weighted by molar-refractivity contribution is 5.74. The molecule has 0 atom stereocenters. The predicted molar refractivity (Wildman–Crippen MR) is 92.9 cm³/mol. The van der Waals surface area contributed by atoms with E-state index >= 15 is 0 Å². The van der Waals surface area contributed by atoms with E-state index in [-0.39, 0.29) is 24.0 Å². The third-order valence-corrected chi connectivity index (χ3v) is 4.17. The average molecular weight is 351 g/mol. The molecular formula is C18H26FN3O3. The lowest BCUT2D eigenvalue weighted by molar-refractivity contribution is 0.0957. The number of rotatable bonds is 6. The minimum absolute atomic E-state index is 0.0638. The number of ether oxygens (including phenoxy) is 1. The van der Waals surface area contributed by atoms with E-state index in [0.717, 1.165) is 31.2 Å². The molecular weight excluding hydrogens is 325 g/mol. The van der Waals surface area contributed by atoms with Gasteiger partial charge < -0.3 is 20.3 Å². The van der Waals surface area contributed by atoms with E-state index in [0.29, 0.717) is 26.2 Å². The van der Waals surface area contributed by atoms with Crippen molar-refractivity contribution < 1.29 is 18.7 Å². The standard InChI is InChI=1S/C18H26FN3O3/c1-2-25-18(24)22-11-8-16(9-12-22)21-17(23)20-10-4-6-14-5-3-7-15(19)13-14/h3,5,7,13,16H,2,4,6,8-12H2,1H3,(H2,20,21,23). The van der Waals surface area contributed by atoms with Crippen LogP contribution in [0.5, 0.6) is 0 Å². The smallest absolute Gasteiger partial charge is 0.409 e. The number of piperidine rings is 1. The van der Waals surface area contributed by atoms with Gasteiger partial charge in [-0.2, -0.15) is 0 Å². The van der Waals surface area contributed by atoms with Crippen molar-refractivity contribution in [3.63, 3.8) is 0 Å². The molecule has 0 spiro atoms. The van der Waals surface area contributed by atoms with Gasteiger partial charge in [0.25, 0.3) is 0 Å². The van der Waals surface area contributed by atoms with Crippen molar-refractivity contribution in [1.29, 1.82) is 0 Å². The number of likely N-dealkylation sites (tertiary alicyclic amines) is 1. The summed E-state index contributed by atoms with van der Waals surface area (Å²) < 4.78 is 18.0. The molecule has 0 aliphatic carbocycles. The van der Waals surface area contributed by atoms with Gasteiger partial charge in [-0.3, -0.25) is 0 Å². The lowest BCUT2D eigenvalue weighted by Crippen LogP contribution is -2.49. The number of nitrogens with one attached hydrogen (secondary N) is 2. The van der Waals surface area contributed by atoms with Gasteiger partial charge in [-0.15, -0.1) is 0 Å². The maximum atomic E-state index is 13.1. The Kier molecular flexibility index (Phi) is 7.50. The van der Waals surface area contributed by atoms with Gasteiger partial charge in [0.05, 0.1) is 6.61 Å². The molecule has 0 saturated carbocycles. The molecule has 1 aliphatic heterocycles. The van der Waals surface area contributed by atoms with Crippen LogP contribution >= 0.6 is 0 Å². The van der Waals surface area contributed by atoms with E-state index < -0.39 is 0 Å². The average Bonchev–Trinajstić information content (AvgIpc) is 2.60. The fourth-order valence-corrected chi connectivity index (χ4v) is 2.84. The summed E-state index contributed by atoms with van der Waals surface area (Å²) in [5.41, 5.74) is 0.925. The first-order valence-electron chi connectivity index (χ1n) is 8.79.